The highest BCUT2D eigenvalue weighted by molar-refractivity contribution is 5.26. The number of hydrogen-bond donors (Lipinski definition) is 1. The second kappa shape index (κ2) is 4.46. The third kappa shape index (κ3) is 2.73. The zero-order chi connectivity index (χ0) is 10.6. The number of ether oxygens (including phenoxy) is 1. The summed E-state index contributed by atoms with van der Waals surface area (Å²) in [4.78, 5) is 4.22. The van der Waals surface area contributed by atoms with Gasteiger partial charge in [0, 0.05) is 32.6 Å². The van der Waals surface area contributed by atoms with E-state index < -0.39 is 0 Å². The molecule has 1 aromatic heterocycles. The van der Waals surface area contributed by atoms with Gasteiger partial charge in [-0.15, -0.1) is 0 Å². The first-order valence-electron chi connectivity index (χ1n) is 4.89. The third-order valence-electron chi connectivity index (χ3n) is 2.28. The summed E-state index contributed by atoms with van der Waals surface area (Å²) in [6.45, 7) is 7.85. The molecule has 0 aromatic carbocycles. The van der Waals surface area contributed by atoms with Crippen molar-refractivity contribution in [3.63, 3.8) is 0 Å². The largest absolute Gasteiger partial charge is 0.377 e. The van der Waals surface area contributed by atoms with E-state index in [4.69, 9.17) is 4.74 Å². The Hall–Kier alpha value is -1.03. The molecular weight excluding hydrogens is 178 g/mol. The summed E-state index contributed by atoms with van der Waals surface area (Å²) in [5.74, 6) is 0.901. The number of aryl methyl sites for hydroxylation is 1. The van der Waals surface area contributed by atoms with Gasteiger partial charge in [-0.05, 0) is 20.8 Å². The lowest BCUT2D eigenvalue weighted by molar-refractivity contribution is 0.0342. The second-order valence-corrected chi connectivity index (χ2v) is 3.85. The van der Waals surface area contributed by atoms with Crippen LogP contribution >= 0.6 is 0 Å². The van der Waals surface area contributed by atoms with Crippen LogP contribution in [0.1, 0.15) is 20.8 Å². The first kappa shape index (κ1) is 11.0. The van der Waals surface area contributed by atoms with Crippen molar-refractivity contribution >= 4 is 5.95 Å². The molecular formula is C10H19N3O. The Morgan fingerprint density at radius 1 is 1.57 bits per heavy atom. The lowest BCUT2D eigenvalue weighted by Gasteiger charge is -2.23. The molecule has 4 nitrogen and oxygen atoms in total. The molecule has 0 atom stereocenters. The van der Waals surface area contributed by atoms with Crippen molar-refractivity contribution in [2.75, 3.05) is 19.0 Å². The molecule has 0 aliphatic rings. The Balaban J connectivity index is 2.53. The average molecular weight is 197 g/mol. The predicted molar refractivity (Wildman–Crippen MR) is 57.5 cm³/mol. The lowest BCUT2D eigenvalue weighted by Crippen LogP contribution is -2.32. The third-order valence-corrected chi connectivity index (χ3v) is 2.28. The van der Waals surface area contributed by atoms with Gasteiger partial charge in [-0.3, -0.25) is 0 Å². The van der Waals surface area contributed by atoms with Gasteiger partial charge in [0.2, 0.25) is 5.95 Å². The van der Waals surface area contributed by atoms with Crippen LogP contribution in [0, 0.1) is 0 Å². The quantitative estimate of drug-likeness (QED) is 0.781. The molecule has 0 aliphatic carbocycles. The van der Waals surface area contributed by atoms with Gasteiger partial charge < -0.3 is 14.6 Å². The molecule has 0 bridgehead atoms. The molecule has 1 rings (SSSR count). The van der Waals surface area contributed by atoms with E-state index in [1.165, 1.54) is 0 Å². The van der Waals surface area contributed by atoms with Gasteiger partial charge in [-0.25, -0.2) is 4.98 Å². The van der Waals surface area contributed by atoms with Gasteiger partial charge in [-0.1, -0.05) is 0 Å². The maximum atomic E-state index is 5.31. The highest BCUT2D eigenvalue weighted by atomic mass is 16.5. The van der Waals surface area contributed by atoms with Crippen molar-refractivity contribution in [2.24, 2.45) is 0 Å². The summed E-state index contributed by atoms with van der Waals surface area (Å²) >= 11 is 0. The van der Waals surface area contributed by atoms with Crippen LogP contribution in [-0.2, 0) is 11.3 Å². The summed E-state index contributed by atoms with van der Waals surface area (Å²) in [6, 6.07) is 0. The number of aromatic nitrogens is 2. The number of nitrogens with one attached hydrogen (secondary N) is 1. The smallest absolute Gasteiger partial charge is 0.202 e. The fourth-order valence-electron chi connectivity index (χ4n) is 1.10. The highest BCUT2D eigenvalue weighted by Crippen LogP contribution is 2.10. The lowest BCUT2D eigenvalue weighted by atomic mass is 10.1. The van der Waals surface area contributed by atoms with Gasteiger partial charge in [0.15, 0.2) is 0 Å². The number of hydrogen-bond acceptors (Lipinski definition) is 3. The topological polar surface area (TPSA) is 39.1 Å². The summed E-state index contributed by atoms with van der Waals surface area (Å²) in [5.41, 5.74) is -0.162. The molecule has 0 fully saturated rings. The standard InChI is InChI=1S/C10H19N3O/c1-5-13-7-6-11-9(13)12-8-10(2,3)14-4/h6-7H,5,8H2,1-4H3,(H,11,12). The maximum Gasteiger partial charge on any atom is 0.202 e. The van der Waals surface area contributed by atoms with Gasteiger partial charge in [-0.2, -0.15) is 0 Å². The van der Waals surface area contributed by atoms with Crippen LogP contribution in [-0.4, -0.2) is 28.8 Å². The fourth-order valence-corrected chi connectivity index (χ4v) is 1.10. The summed E-state index contributed by atoms with van der Waals surface area (Å²) in [6.07, 6.45) is 3.76. The van der Waals surface area contributed by atoms with Gasteiger partial charge in [0.1, 0.15) is 0 Å². The number of imidazole rings is 1. The molecule has 0 saturated heterocycles. The van der Waals surface area contributed by atoms with Gasteiger partial charge in [0.25, 0.3) is 0 Å². The van der Waals surface area contributed by atoms with E-state index in [9.17, 15) is 0 Å². The van der Waals surface area contributed by atoms with Crippen LogP contribution in [0.2, 0.25) is 0 Å². The van der Waals surface area contributed by atoms with Crippen molar-refractivity contribution in [3.05, 3.63) is 12.4 Å². The fraction of sp³-hybridized carbons (Fsp3) is 0.700. The molecule has 1 heterocycles. The Morgan fingerprint density at radius 3 is 2.86 bits per heavy atom. The minimum absolute atomic E-state index is 0.162. The molecule has 0 saturated carbocycles. The second-order valence-electron chi connectivity index (χ2n) is 3.85. The van der Waals surface area contributed by atoms with E-state index in [1.807, 2.05) is 20.0 Å². The molecule has 0 radical (unpaired) electrons. The van der Waals surface area contributed by atoms with E-state index in [1.54, 1.807) is 13.3 Å². The minimum atomic E-state index is -0.162. The molecule has 1 aromatic rings. The summed E-state index contributed by atoms with van der Waals surface area (Å²) in [5, 5.41) is 3.26. The van der Waals surface area contributed by atoms with Crippen molar-refractivity contribution in [3.8, 4) is 0 Å². The molecule has 0 spiro atoms. The van der Waals surface area contributed by atoms with Crippen molar-refractivity contribution < 1.29 is 4.74 Å². The summed E-state index contributed by atoms with van der Waals surface area (Å²) in [7, 11) is 1.72. The Bertz CT molecular complexity index is 281. The van der Waals surface area contributed by atoms with E-state index in [2.05, 4.69) is 21.8 Å². The monoisotopic (exact) mass is 197 g/mol. The van der Waals surface area contributed by atoms with Crippen LogP contribution in [0.5, 0.6) is 0 Å². The molecule has 80 valence electrons. The Morgan fingerprint density at radius 2 is 2.29 bits per heavy atom. The van der Waals surface area contributed by atoms with Crippen LogP contribution in [0.25, 0.3) is 0 Å². The van der Waals surface area contributed by atoms with Crippen LogP contribution in [0.4, 0.5) is 5.95 Å². The molecule has 0 amide bonds. The Kier molecular flexibility index (Phi) is 3.52. The minimum Gasteiger partial charge on any atom is -0.377 e. The molecule has 14 heavy (non-hydrogen) atoms. The van der Waals surface area contributed by atoms with Crippen LogP contribution < -0.4 is 5.32 Å². The SMILES string of the molecule is CCn1ccnc1NCC(C)(C)OC. The van der Waals surface area contributed by atoms with Crippen molar-refractivity contribution in [1.29, 1.82) is 0 Å². The number of nitrogens with zero attached hydrogens (tertiary/aromatic N) is 2. The number of methoxy groups -OCH3 is 1. The normalized spacial score (nSPS) is 11.7. The predicted octanol–water partition coefficient (Wildman–Crippen LogP) is 1.74. The van der Waals surface area contributed by atoms with E-state index >= 15 is 0 Å². The molecule has 1 N–H and O–H groups in total. The highest BCUT2D eigenvalue weighted by Gasteiger charge is 2.16. The van der Waals surface area contributed by atoms with Gasteiger partial charge in [0.05, 0.1) is 5.60 Å². The van der Waals surface area contributed by atoms with Gasteiger partial charge >= 0.3 is 0 Å². The zero-order valence-electron chi connectivity index (χ0n) is 9.37. The first-order valence-corrected chi connectivity index (χ1v) is 4.89. The van der Waals surface area contributed by atoms with Crippen LogP contribution in [0.3, 0.4) is 0 Å². The molecule has 0 aliphatic heterocycles. The number of anilines is 1. The zero-order valence-corrected chi connectivity index (χ0v) is 9.37. The van der Waals surface area contributed by atoms with E-state index in [0.717, 1.165) is 19.0 Å². The van der Waals surface area contributed by atoms with Crippen LogP contribution in [0.15, 0.2) is 12.4 Å². The Labute approximate surface area is 85.3 Å². The van der Waals surface area contributed by atoms with Crippen molar-refractivity contribution in [1.82, 2.24) is 9.55 Å². The summed E-state index contributed by atoms with van der Waals surface area (Å²) < 4.78 is 7.37. The molecule has 0 unspecified atom stereocenters. The van der Waals surface area contributed by atoms with Crippen molar-refractivity contribution in [2.45, 2.75) is 32.9 Å². The maximum absolute atomic E-state index is 5.31. The number of rotatable bonds is 5. The van der Waals surface area contributed by atoms with E-state index in [0.29, 0.717) is 0 Å². The molecule has 4 heteroatoms. The first-order chi connectivity index (χ1) is 6.59. The van der Waals surface area contributed by atoms with E-state index in [-0.39, 0.29) is 5.60 Å². The average Bonchev–Trinajstić information content (AvgIpc) is 2.62.